The quantitative estimate of drug-likeness (QED) is 0.810. The van der Waals surface area contributed by atoms with E-state index in [2.05, 4.69) is 19.1 Å². The van der Waals surface area contributed by atoms with Crippen molar-refractivity contribution < 1.29 is 19.1 Å². The number of benzene rings is 1. The number of para-hydroxylation sites is 1. The van der Waals surface area contributed by atoms with Crippen LogP contribution in [0.1, 0.15) is 39.5 Å². The summed E-state index contributed by atoms with van der Waals surface area (Å²) >= 11 is 0. The number of methoxy groups -OCH3 is 1. The number of carbonyl (C=O) groups excluding carboxylic acids is 2. The third-order valence-corrected chi connectivity index (χ3v) is 4.19. The maximum absolute atomic E-state index is 11.5. The van der Waals surface area contributed by atoms with Gasteiger partial charge in [-0.3, -0.25) is 9.59 Å². The number of ketones is 1. The van der Waals surface area contributed by atoms with E-state index < -0.39 is 0 Å². The van der Waals surface area contributed by atoms with Crippen LogP contribution >= 0.6 is 0 Å². The Morgan fingerprint density at radius 2 is 2.00 bits per heavy atom. The second kappa shape index (κ2) is 7.43. The summed E-state index contributed by atoms with van der Waals surface area (Å²) in [6.45, 7) is 4.31. The molecule has 4 nitrogen and oxygen atoms in total. The molecule has 120 valence electrons. The van der Waals surface area contributed by atoms with Gasteiger partial charge >= 0.3 is 5.97 Å². The monoisotopic (exact) mass is 304 g/mol. The standard InChI is InChI=1S/C11H18O3.C7H6O/c1-3-14-11(13)7-9-6-8(2)4-5-10(9)12;1-8-7-5-3-2-4-6(5)7/h8-9H,3-7H2,1-2H3;2-4H,1H3. The highest BCUT2D eigenvalue weighted by molar-refractivity contribution is 5.94. The van der Waals surface area contributed by atoms with E-state index in [-0.39, 0.29) is 24.1 Å². The Kier molecular flexibility index (Phi) is 5.58. The van der Waals surface area contributed by atoms with E-state index in [9.17, 15) is 9.59 Å². The van der Waals surface area contributed by atoms with Crippen LogP contribution in [0.2, 0.25) is 0 Å². The lowest BCUT2D eigenvalue weighted by molar-refractivity contribution is -0.146. The van der Waals surface area contributed by atoms with E-state index in [4.69, 9.17) is 9.47 Å². The van der Waals surface area contributed by atoms with Crippen LogP contribution in [-0.4, -0.2) is 25.5 Å². The SMILES string of the molecule is CCOC(=O)CC1CC(C)CCC1=O.COc1c2cccc1-2. The van der Waals surface area contributed by atoms with E-state index in [0.29, 0.717) is 18.9 Å². The summed E-state index contributed by atoms with van der Waals surface area (Å²) in [5, 5.41) is 0. The molecule has 3 aliphatic rings. The average molecular weight is 304 g/mol. The Labute approximate surface area is 131 Å². The van der Waals surface area contributed by atoms with Crippen molar-refractivity contribution >= 4 is 11.8 Å². The Bertz CT molecular complexity index is 530. The largest absolute Gasteiger partial charge is 0.495 e. The van der Waals surface area contributed by atoms with Gasteiger partial charge in [0.15, 0.2) is 0 Å². The maximum Gasteiger partial charge on any atom is 0.306 e. The number of hydrogen-bond donors (Lipinski definition) is 0. The molecule has 0 amide bonds. The first-order valence-electron chi connectivity index (χ1n) is 7.92. The van der Waals surface area contributed by atoms with Gasteiger partial charge in [-0.1, -0.05) is 25.1 Å². The number of rotatable bonds is 4. The van der Waals surface area contributed by atoms with Crippen molar-refractivity contribution in [3.63, 3.8) is 0 Å². The molecule has 22 heavy (non-hydrogen) atoms. The fourth-order valence-electron chi connectivity index (χ4n) is 2.94. The second-order valence-corrected chi connectivity index (χ2v) is 5.94. The number of carbonyl (C=O) groups is 2. The Hall–Kier alpha value is -1.84. The molecular formula is C18H24O4. The van der Waals surface area contributed by atoms with Crippen LogP contribution in [-0.2, 0) is 14.3 Å². The van der Waals surface area contributed by atoms with Crippen molar-refractivity contribution in [2.24, 2.45) is 11.8 Å². The summed E-state index contributed by atoms with van der Waals surface area (Å²) in [5.74, 6) is 1.55. The van der Waals surface area contributed by atoms with Crippen LogP contribution in [0.3, 0.4) is 0 Å². The normalized spacial score (nSPS) is 21.5. The molecule has 0 aromatic heterocycles. The summed E-state index contributed by atoms with van der Waals surface area (Å²) in [5.41, 5.74) is 2.57. The molecule has 4 heteroatoms. The van der Waals surface area contributed by atoms with Gasteiger partial charge in [-0.25, -0.2) is 0 Å². The molecule has 0 radical (unpaired) electrons. The highest BCUT2D eigenvalue weighted by Gasteiger charge is 2.28. The van der Waals surface area contributed by atoms with Crippen LogP contribution < -0.4 is 4.74 Å². The molecule has 3 aliphatic carbocycles. The van der Waals surface area contributed by atoms with E-state index in [1.54, 1.807) is 14.0 Å². The fraction of sp³-hybridized carbons (Fsp3) is 0.556. The van der Waals surface area contributed by atoms with Crippen molar-refractivity contribution in [2.75, 3.05) is 13.7 Å². The smallest absolute Gasteiger partial charge is 0.306 e. The summed E-state index contributed by atoms with van der Waals surface area (Å²) < 4.78 is 9.83. The lowest BCUT2D eigenvalue weighted by Gasteiger charge is -2.24. The number of ether oxygens (including phenoxy) is 2. The zero-order valence-electron chi connectivity index (χ0n) is 13.6. The highest BCUT2D eigenvalue weighted by atomic mass is 16.5. The van der Waals surface area contributed by atoms with Gasteiger partial charge in [0.1, 0.15) is 11.5 Å². The van der Waals surface area contributed by atoms with Gasteiger partial charge in [0.05, 0.1) is 20.1 Å². The lowest BCUT2D eigenvalue weighted by atomic mass is 9.80. The zero-order chi connectivity index (χ0) is 16.1. The van der Waals surface area contributed by atoms with Crippen molar-refractivity contribution in [1.29, 1.82) is 0 Å². The molecule has 1 saturated carbocycles. The Balaban J connectivity index is 0.000000183. The van der Waals surface area contributed by atoms with Gasteiger partial charge in [0, 0.05) is 23.5 Å². The van der Waals surface area contributed by atoms with Crippen molar-refractivity contribution in [2.45, 2.75) is 39.5 Å². The Morgan fingerprint density at radius 1 is 1.32 bits per heavy atom. The van der Waals surface area contributed by atoms with Crippen molar-refractivity contribution in [1.82, 2.24) is 0 Å². The zero-order valence-corrected chi connectivity index (χ0v) is 13.6. The predicted molar refractivity (Wildman–Crippen MR) is 84.8 cm³/mol. The summed E-state index contributed by atoms with van der Waals surface area (Å²) in [7, 11) is 1.70. The van der Waals surface area contributed by atoms with E-state index in [1.165, 1.54) is 11.1 Å². The molecule has 1 fully saturated rings. The summed E-state index contributed by atoms with van der Waals surface area (Å²) in [6, 6.07) is 6.16. The van der Waals surface area contributed by atoms with E-state index in [1.807, 2.05) is 6.07 Å². The first-order valence-corrected chi connectivity index (χ1v) is 7.92. The predicted octanol–water partition coefficient (Wildman–Crippen LogP) is 3.62. The molecule has 0 bridgehead atoms. The summed E-state index contributed by atoms with van der Waals surface area (Å²) in [4.78, 5) is 22.7. The molecule has 0 saturated heterocycles. The van der Waals surface area contributed by atoms with Crippen LogP contribution in [0, 0.1) is 11.8 Å². The number of hydrogen-bond acceptors (Lipinski definition) is 4. The summed E-state index contributed by atoms with van der Waals surface area (Å²) in [6.07, 6.45) is 2.72. The lowest BCUT2D eigenvalue weighted by Crippen LogP contribution is -2.26. The molecule has 0 aromatic carbocycles. The van der Waals surface area contributed by atoms with Crippen LogP contribution in [0.4, 0.5) is 0 Å². The molecule has 0 heterocycles. The van der Waals surface area contributed by atoms with Crippen molar-refractivity contribution in [3.8, 4) is 16.9 Å². The first kappa shape index (κ1) is 16.5. The third-order valence-electron chi connectivity index (χ3n) is 4.19. The fourth-order valence-corrected chi connectivity index (χ4v) is 2.94. The van der Waals surface area contributed by atoms with E-state index >= 15 is 0 Å². The number of esters is 1. The van der Waals surface area contributed by atoms with Gasteiger partial charge in [-0.15, -0.1) is 0 Å². The molecule has 0 spiro atoms. The van der Waals surface area contributed by atoms with Crippen LogP contribution in [0.25, 0.3) is 11.1 Å². The molecule has 3 rings (SSSR count). The van der Waals surface area contributed by atoms with Crippen LogP contribution in [0.5, 0.6) is 5.75 Å². The highest BCUT2D eigenvalue weighted by Crippen LogP contribution is 2.50. The number of fused-ring (bicyclic) bond motifs is 1. The third kappa shape index (κ3) is 4.09. The molecule has 0 N–H and O–H groups in total. The topological polar surface area (TPSA) is 52.6 Å². The number of Topliss-reactive ketones (excluding diaryl/α,β-unsaturated/α-hetero) is 1. The minimum Gasteiger partial charge on any atom is -0.495 e. The molecule has 0 aromatic rings. The Morgan fingerprint density at radius 3 is 2.55 bits per heavy atom. The van der Waals surface area contributed by atoms with Gasteiger partial charge in [0.25, 0.3) is 0 Å². The molecular weight excluding hydrogens is 280 g/mol. The molecule has 2 atom stereocenters. The minimum atomic E-state index is -0.236. The van der Waals surface area contributed by atoms with Crippen LogP contribution in [0.15, 0.2) is 18.2 Å². The van der Waals surface area contributed by atoms with Gasteiger partial charge in [-0.2, -0.15) is 0 Å². The maximum atomic E-state index is 11.5. The van der Waals surface area contributed by atoms with Gasteiger partial charge in [-0.05, 0) is 25.7 Å². The average Bonchev–Trinajstić information content (AvgIpc) is 2.93. The molecule has 0 aliphatic heterocycles. The minimum absolute atomic E-state index is 0.0854. The van der Waals surface area contributed by atoms with Crippen molar-refractivity contribution in [3.05, 3.63) is 18.2 Å². The molecule has 2 unspecified atom stereocenters. The van der Waals surface area contributed by atoms with E-state index in [0.717, 1.165) is 18.6 Å². The van der Waals surface area contributed by atoms with Gasteiger partial charge < -0.3 is 9.47 Å². The second-order valence-electron chi connectivity index (χ2n) is 5.94. The first-order chi connectivity index (χ1) is 10.6. The van der Waals surface area contributed by atoms with Gasteiger partial charge in [0.2, 0.25) is 0 Å².